The average molecular weight is 325 g/mol. The molecule has 2 unspecified atom stereocenters. The summed E-state index contributed by atoms with van der Waals surface area (Å²) in [7, 11) is 0. The fourth-order valence-electron chi connectivity index (χ4n) is 2.77. The van der Waals surface area contributed by atoms with E-state index in [1.54, 1.807) is 36.4 Å². The van der Waals surface area contributed by atoms with Crippen LogP contribution in [0.3, 0.4) is 0 Å². The molecule has 24 heavy (non-hydrogen) atoms. The van der Waals surface area contributed by atoms with Gasteiger partial charge in [0.1, 0.15) is 5.78 Å². The molecule has 0 saturated heterocycles. The lowest BCUT2D eigenvalue weighted by atomic mass is 9.87. The van der Waals surface area contributed by atoms with Crippen LogP contribution in [0.4, 0.5) is 0 Å². The van der Waals surface area contributed by atoms with E-state index < -0.39 is 12.0 Å². The van der Waals surface area contributed by atoms with Crippen LogP contribution in [-0.4, -0.2) is 28.9 Å². The van der Waals surface area contributed by atoms with E-state index in [9.17, 15) is 14.7 Å². The largest absolute Gasteiger partial charge is 0.396 e. The molecule has 0 amide bonds. The zero-order chi connectivity index (χ0) is 17.5. The number of carbonyl (C=O) groups is 1. The van der Waals surface area contributed by atoms with Crippen molar-refractivity contribution in [2.24, 2.45) is 0 Å². The third-order valence-electron chi connectivity index (χ3n) is 4.06. The van der Waals surface area contributed by atoms with Crippen LogP contribution < -0.4 is 0 Å². The van der Waals surface area contributed by atoms with Crippen LogP contribution in [0, 0.1) is 0 Å². The van der Waals surface area contributed by atoms with Gasteiger partial charge in [0.2, 0.25) is 6.29 Å². The summed E-state index contributed by atoms with van der Waals surface area (Å²) < 4.78 is 0. The van der Waals surface area contributed by atoms with E-state index in [-0.39, 0.29) is 12.4 Å². The van der Waals surface area contributed by atoms with Crippen LogP contribution in [-0.2, 0) is 9.59 Å². The summed E-state index contributed by atoms with van der Waals surface area (Å²) in [5.41, 5.74) is 2.86. The number of hydrogen-bond donors (Lipinski definition) is 2. The van der Waals surface area contributed by atoms with Crippen LogP contribution >= 0.6 is 0 Å². The highest BCUT2D eigenvalue weighted by atomic mass is 16.3. The van der Waals surface area contributed by atoms with E-state index in [0.29, 0.717) is 18.4 Å². The van der Waals surface area contributed by atoms with Crippen LogP contribution in [0.2, 0.25) is 0 Å². The minimum atomic E-state index is -0.621. The number of hydrogen-bond acceptors (Lipinski definition) is 4. The topological polar surface area (TPSA) is 74.6 Å². The molecule has 2 aromatic carbocycles. The maximum atomic E-state index is 12.1. The molecule has 0 heterocycles. The molecule has 2 aromatic rings. The third-order valence-corrected chi connectivity index (χ3v) is 4.06. The van der Waals surface area contributed by atoms with Gasteiger partial charge in [-0.3, -0.25) is 9.59 Å². The lowest BCUT2D eigenvalue weighted by Crippen LogP contribution is -2.11. The molecule has 0 aliphatic rings. The SMILES string of the molecule is CC(=O)C(c1ccc([C]=O)cc1)c1ccc(C(O)CCCO)cc1. The van der Waals surface area contributed by atoms with Gasteiger partial charge in [0.15, 0.2) is 0 Å². The molecular formula is C20H21O4. The van der Waals surface area contributed by atoms with Crippen molar-refractivity contribution in [1.82, 2.24) is 0 Å². The minimum Gasteiger partial charge on any atom is -0.396 e. The highest BCUT2D eigenvalue weighted by Gasteiger charge is 2.19. The van der Waals surface area contributed by atoms with E-state index in [0.717, 1.165) is 16.7 Å². The Balaban J connectivity index is 2.24. The second-order valence-corrected chi connectivity index (χ2v) is 5.82. The minimum absolute atomic E-state index is 0.00594. The number of ketones is 1. The molecule has 0 aliphatic carbocycles. The predicted octanol–water partition coefficient (Wildman–Crippen LogP) is 2.67. The smallest absolute Gasteiger partial charge is 0.233 e. The fourth-order valence-corrected chi connectivity index (χ4v) is 2.77. The second-order valence-electron chi connectivity index (χ2n) is 5.82. The van der Waals surface area contributed by atoms with Gasteiger partial charge in [0, 0.05) is 12.2 Å². The van der Waals surface area contributed by atoms with Crippen LogP contribution in [0.5, 0.6) is 0 Å². The van der Waals surface area contributed by atoms with Gasteiger partial charge in [0.05, 0.1) is 12.0 Å². The first kappa shape index (κ1) is 18.0. The molecule has 2 atom stereocenters. The number of carbonyl (C=O) groups excluding carboxylic acids is 2. The third kappa shape index (κ3) is 4.37. The number of aliphatic hydroxyl groups is 2. The molecular weight excluding hydrogens is 304 g/mol. The lowest BCUT2D eigenvalue weighted by molar-refractivity contribution is -0.117. The molecule has 0 spiro atoms. The van der Waals surface area contributed by atoms with Gasteiger partial charge in [-0.15, -0.1) is 0 Å². The molecule has 0 aliphatic heterocycles. The molecule has 2 rings (SSSR count). The number of benzene rings is 2. The maximum Gasteiger partial charge on any atom is 0.233 e. The van der Waals surface area contributed by atoms with Gasteiger partial charge in [-0.05, 0) is 36.5 Å². The molecule has 4 nitrogen and oxygen atoms in total. The summed E-state index contributed by atoms with van der Waals surface area (Å²) in [6.07, 6.45) is 2.23. The van der Waals surface area contributed by atoms with Crippen molar-refractivity contribution in [3.8, 4) is 0 Å². The van der Waals surface area contributed by atoms with Crippen molar-refractivity contribution < 1.29 is 19.8 Å². The van der Waals surface area contributed by atoms with Crippen molar-refractivity contribution in [1.29, 1.82) is 0 Å². The van der Waals surface area contributed by atoms with Crippen molar-refractivity contribution in [2.45, 2.75) is 31.8 Å². The van der Waals surface area contributed by atoms with E-state index >= 15 is 0 Å². The van der Waals surface area contributed by atoms with Gasteiger partial charge in [-0.2, -0.15) is 0 Å². The molecule has 2 N–H and O–H groups in total. The standard InChI is InChI=1S/C20H21O4/c1-14(23)20(17-6-4-15(13-22)5-7-17)18-10-8-16(9-11-18)19(24)3-2-12-21/h4-11,19-21,24H,2-3,12H2,1H3. The number of Topliss-reactive ketones (excluding diaryl/α,β-unsaturated/α-hetero) is 1. The summed E-state index contributed by atoms with van der Waals surface area (Å²) in [5.74, 6) is -0.402. The van der Waals surface area contributed by atoms with E-state index in [2.05, 4.69) is 0 Å². The summed E-state index contributed by atoms with van der Waals surface area (Å²) in [4.78, 5) is 22.7. The Morgan fingerprint density at radius 1 is 1.00 bits per heavy atom. The highest BCUT2D eigenvalue weighted by molar-refractivity contribution is 5.87. The van der Waals surface area contributed by atoms with Gasteiger partial charge >= 0.3 is 0 Å². The molecule has 0 aromatic heterocycles. The van der Waals surface area contributed by atoms with Gasteiger partial charge < -0.3 is 10.2 Å². The zero-order valence-electron chi connectivity index (χ0n) is 13.6. The Morgan fingerprint density at radius 3 is 1.96 bits per heavy atom. The molecule has 1 radical (unpaired) electrons. The van der Waals surface area contributed by atoms with Gasteiger partial charge in [0.25, 0.3) is 0 Å². The Labute approximate surface area is 141 Å². The van der Waals surface area contributed by atoms with Crippen LogP contribution in [0.15, 0.2) is 48.5 Å². The molecule has 4 heteroatoms. The van der Waals surface area contributed by atoms with E-state index in [1.807, 2.05) is 18.4 Å². The summed E-state index contributed by atoms with van der Waals surface area (Å²) in [5, 5.41) is 18.9. The first-order valence-corrected chi connectivity index (χ1v) is 7.94. The average Bonchev–Trinajstić information content (AvgIpc) is 2.60. The van der Waals surface area contributed by atoms with E-state index in [4.69, 9.17) is 5.11 Å². The second kappa shape index (κ2) is 8.52. The van der Waals surface area contributed by atoms with Crippen molar-refractivity contribution in [3.63, 3.8) is 0 Å². The summed E-state index contributed by atoms with van der Waals surface area (Å²) in [6.45, 7) is 1.59. The van der Waals surface area contributed by atoms with Crippen LogP contribution in [0.1, 0.15) is 54.0 Å². The highest BCUT2D eigenvalue weighted by Crippen LogP contribution is 2.28. The number of rotatable bonds is 8. The van der Waals surface area contributed by atoms with Crippen molar-refractivity contribution >= 4 is 12.1 Å². The van der Waals surface area contributed by atoms with Crippen LogP contribution in [0.25, 0.3) is 0 Å². The molecule has 0 fully saturated rings. The zero-order valence-corrected chi connectivity index (χ0v) is 13.6. The molecule has 0 saturated carbocycles. The lowest BCUT2D eigenvalue weighted by Gasteiger charge is -2.17. The Hall–Kier alpha value is -2.30. The number of aliphatic hydroxyl groups excluding tert-OH is 2. The van der Waals surface area contributed by atoms with Crippen molar-refractivity contribution in [3.05, 3.63) is 70.8 Å². The monoisotopic (exact) mass is 325 g/mol. The molecule has 125 valence electrons. The fraction of sp³-hybridized carbons (Fsp3) is 0.300. The first-order valence-electron chi connectivity index (χ1n) is 7.94. The summed E-state index contributed by atoms with van der Waals surface area (Å²) >= 11 is 0. The first-order chi connectivity index (χ1) is 11.6. The van der Waals surface area contributed by atoms with Gasteiger partial charge in [-0.1, -0.05) is 48.5 Å². The Kier molecular flexibility index (Phi) is 6.41. The predicted molar refractivity (Wildman–Crippen MR) is 91.5 cm³/mol. The normalized spacial score (nSPS) is 13.3. The van der Waals surface area contributed by atoms with Crippen molar-refractivity contribution in [2.75, 3.05) is 6.61 Å². The quantitative estimate of drug-likeness (QED) is 0.782. The maximum absolute atomic E-state index is 12.1. The Bertz CT molecular complexity index is 674. The molecule has 0 bridgehead atoms. The van der Waals surface area contributed by atoms with Gasteiger partial charge in [-0.25, -0.2) is 0 Å². The van der Waals surface area contributed by atoms with E-state index in [1.165, 1.54) is 6.92 Å². The Morgan fingerprint density at radius 2 is 1.50 bits per heavy atom. The summed E-state index contributed by atoms with van der Waals surface area (Å²) in [6, 6.07) is 14.1.